The van der Waals surface area contributed by atoms with Crippen molar-refractivity contribution in [3.8, 4) is 0 Å². The average Bonchev–Trinajstić information content (AvgIpc) is 2.95. The summed E-state index contributed by atoms with van der Waals surface area (Å²) >= 11 is 5.27. The fraction of sp³-hybridized carbons (Fsp3) is 0.529. The van der Waals surface area contributed by atoms with Crippen LogP contribution in [0.3, 0.4) is 0 Å². The van der Waals surface area contributed by atoms with Gasteiger partial charge in [-0.1, -0.05) is 0 Å². The molecule has 2 aromatic rings. The number of carbonyl (C=O) groups is 1. The Morgan fingerprint density at radius 2 is 2.04 bits per heavy atom. The number of piperidine rings is 1. The zero-order valence-electron chi connectivity index (χ0n) is 14.4. The van der Waals surface area contributed by atoms with Gasteiger partial charge in [-0.2, -0.15) is 5.10 Å². The first kappa shape index (κ1) is 16.8. The first-order valence-electron chi connectivity index (χ1n) is 8.40. The summed E-state index contributed by atoms with van der Waals surface area (Å²) in [4.78, 5) is 19.1. The van der Waals surface area contributed by atoms with Gasteiger partial charge in [0.25, 0.3) is 5.91 Å². The van der Waals surface area contributed by atoms with Gasteiger partial charge < -0.3 is 9.47 Å². The van der Waals surface area contributed by atoms with E-state index in [2.05, 4.69) is 22.1 Å². The second-order valence-corrected chi connectivity index (χ2v) is 6.67. The highest BCUT2D eigenvalue weighted by Gasteiger charge is 2.28. The number of hydrogen-bond acceptors (Lipinski definition) is 4. The molecule has 128 valence electrons. The molecule has 1 aliphatic heterocycles. The summed E-state index contributed by atoms with van der Waals surface area (Å²) < 4.78 is 2.72. The number of rotatable bonds is 3. The Labute approximate surface area is 146 Å². The molecule has 0 spiro atoms. The highest BCUT2D eigenvalue weighted by atomic mass is 32.1. The van der Waals surface area contributed by atoms with Gasteiger partial charge in [-0.3, -0.25) is 14.9 Å². The lowest BCUT2D eigenvalue weighted by Crippen LogP contribution is -2.38. The van der Waals surface area contributed by atoms with Gasteiger partial charge in [0, 0.05) is 31.2 Å². The lowest BCUT2D eigenvalue weighted by Gasteiger charge is -2.32. The van der Waals surface area contributed by atoms with E-state index in [1.807, 2.05) is 35.4 Å². The normalized spacial score (nSPS) is 15.7. The molecule has 3 rings (SSSR count). The van der Waals surface area contributed by atoms with E-state index in [0.717, 1.165) is 49.7 Å². The molecular weight excluding hydrogens is 322 g/mol. The molecule has 2 aromatic heterocycles. The van der Waals surface area contributed by atoms with Gasteiger partial charge in [-0.15, -0.1) is 0 Å². The van der Waals surface area contributed by atoms with Gasteiger partial charge in [0.2, 0.25) is 0 Å². The Morgan fingerprint density at radius 1 is 1.33 bits per heavy atom. The molecule has 1 fully saturated rings. The first-order chi connectivity index (χ1) is 11.5. The number of carbonyl (C=O) groups excluding carboxylic acids is 1. The van der Waals surface area contributed by atoms with Gasteiger partial charge in [-0.05, 0) is 58.0 Å². The SMILES string of the molecule is CCn1c(C2CCN(C(=O)c3ccc(C)nc3C)CC2)n[nH]c1=S. The zero-order valence-corrected chi connectivity index (χ0v) is 15.2. The van der Waals surface area contributed by atoms with E-state index in [9.17, 15) is 4.79 Å². The van der Waals surface area contributed by atoms with E-state index >= 15 is 0 Å². The summed E-state index contributed by atoms with van der Waals surface area (Å²) in [7, 11) is 0. The van der Waals surface area contributed by atoms with E-state index in [1.54, 1.807) is 0 Å². The topological polar surface area (TPSA) is 66.8 Å². The van der Waals surface area contributed by atoms with Crippen LogP contribution in [0.2, 0.25) is 0 Å². The number of H-pyrrole nitrogens is 1. The standard InChI is InChI=1S/C17H23N5OS/c1-4-22-15(19-20-17(22)24)13-7-9-21(10-8-13)16(23)14-6-5-11(2)18-12(14)3/h5-6,13H,4,7-10H2,1-3H3,(H,20,24). The summed E-state index contributed by atoms with van der Waals surface area (Å²) in [6, 6.07) is 3.78. The van der Waals surface area contributed by atoms with Crippen molar-refractivity contribution < 1.29 is 4.79 Å². The minimum atomic E-state index is 0.0767. The van der Waals surface area contributed by atoms with E-state index in [4.69, 9.17) is 12.2 Å². The lowest BCUT2D eigenvalue weighted by molar-refractivity contribution is 0.0709. The predicted molar refractivity (Wildman–Crippen MR) is 94.7 cm³/mol. The molecule has 7 heteroatoms. The molecule has 0 aliphatic carbocycles. The van der Waals surface area contributed by atoms with Crippen LogP contribution in [-0.4, -0.2) is 43.6 Å². The van der Waals surface area contributed by atoms with Gasteiger partial charge in [0.05, 0.1) is 11.3 Å². The molecule has 0 radical (unpaired) electrons. The van der Waals surface area contributed by atoms with Gasteiger partial charge in [0.1, 0.15) is 5.82 Å². The monoisotopic (exact) mass is 345 g/mol. The third-order valence-corrected chi connectivity index (χ3v) is 5.02. The predicted octanol–water partition coefficient (Wildman–Crippen LogP) is 2.99. The highest BCUT2D eigenvalue weighted by molar-refractivity contribution is 7.71. The molecule has 6 nitrogen and oxygen atoms in total. The number of nitrogens with one attached hydrogen (secondary N) is 1. The van der Waals surface area contributed by atoms with Crippen LogP contribution >= 0.6 is 12.2 Å². The second-order valence-electron chi connectivity index (χ2n) is 6.28. The summed E-state index contributed by atoms with van der Waals surface area (Å²) in [5, 5.41) is 7.28. The fourth-order valence-corrected chi connectivity index (χ4v) is 3.64. The maximum atomic E-state index is 12.7. The lowest BCUT2D eigenvalue weighted by atomic mass is 9.95. The highest BCUT2D eigenvalue weighted by Crippen LogP contribution is 2.27. The van der Waals surface area contributed by atoms with Crippen molar-refractivity contribution >= 4 is 18.1 Å². The molecule has 3 heterocycles. The molecule has 24 heavy (non-hydrogen) atoms. The first-order valence-corrected chi connectivity index (χ1v) is 8.80. The van der Waals surface area contributed by atoms with E-state index in [1.165, 1.54) is 0 Å². The molecule has 0 saturated carbocycles. The second kappa shape index (κ2) is 6.84. The number of amides is 1. The summed E-state index contributed by atoms with van der Waals surface area (Å²) in [5.74, 6) is 1.44. The zero-order chi connectivity index (χ0) is 17.3. The van der Waals surface area contributed by atoms with Crippen LogP contribution in [-0.2, 0) is 6.54 Å². The maximum Gasteiger partial charge on any atom is 0.255 e. The summed E-state index contributed by atoms with van der Waals surface area (Å²) in [6.07, 6.45) is 1.81. The smallest absolute Gasteiger partial charge is 0.255 e. The number of aromatic nitrogens is 4. The van der Waals surface area contributed by atoms with Crippen molar-refractivity contribution in [3.63, 3.8) is 0 Å². The Balaban J connectivity index is 1.70. The van der Waals surface area contributed by atoms with Crippen molar-refractivity contribution in [2.24, 2.45) is 0 Å². The minimum absolute atomic E-state index is 0.0767. The third-order valence-electron chi connectivity index (χ3n) is 4.71. The van der Waals surface area contributed by atoms with Crippen LogP contribution in [0, 0.1) is 18.6 Å². The molecule has 1 amide bonds. The quantitative estimate of drug-likeness (QED) is 0.869. The van der Waals surface area contributed by atoms with Gasteiger partial charge in [0.15, 0.2) is 4.77 Å². The molecule has 1 aliphatic rings. The van der Waals surface area contributed by atoms with Crippen molar-refractivity contribution in [2.45, 2.75) is 46.1 Å². The average molecular weight is 345 g/mol. The Morgan fingerprint density at radius 3 is 2.67 bits per heavy atom. The van der Waals surface area contributed by atoms with Crippen LogP contribution in [0.25, 0.3) is 0 Å². The number of nitrogens with zero attached hydrogens (tertiary/aromatic N) is 4. The number of likely N-dealkylation sites (tertiary alicyclic amines) is 1. The Hall–Kier alpha value is -2.02. The van der Waals surface area contributed by atoms with E-state index in [0.29, 0.717) is 16.3 Å². The molecule has 0 unspecified atom stereocenters. The third kappa shape index (κ3) is 3.13. The number of pyridine rings is 1. The number of hydrogen-bond donors (Lipinski definition) is 1. The molecule has 0 bridgehead atoms. The van der Waals surface area contributed by atoms with Gasteiger partial charge in [-0.25, -0.2) is 0 Å². The van der Waals surface area contributed by atoms with Crippen molar-refractivity contribution in [3.05, 3.63) is 39.7 Å². The van der Waals surface area contributed by atoms with Gasteiger partial charge >= 0.3 is 0 Å². The fourth-order valence-electron chi connectivity index (χ4n) is 3.37. The molecule has 1 N–H and O–H groups in total. The number of aromatic amines is 1. The Bertz CT molecular complexity index is 802. The molecule has 0 aromatic carbocycles. The molecule has 0 atom stereocenters. The maximum absolute atomic E-state index is 12.7. The molecular formula is C17H23N5OS. The van der Waals surface area contributed by atoms with Crippen LogP contribution < -0.4 is 0 Å². The Kier molecular flexibility index (Phi) is 4.80. The van der Waals surface area contributed by atoms with Crippen LogP contribution in [0.15, 0.2) is 12.1 Å². The van der Waals surface area contributed by atoms with Crippen molar-refractivity contribution in [1.82, 2.24) is 24.6 Å². The van der Waals surface area contributed by atoms with Crippen LogP contribution in [0.1, 0.15) is 53.3 Å². The minimum Gasteiger partial charge on any atom is -0.339 e. The van der Waals surface area contributed by atoms with Crippen molar-refractivity contribution in [1.29, 1.82) is 0 Å². The van der Waals surface area contributed by atoms with Crippen LogP contribution in [0.4, 0.5) is 0 Å². The van der Waals surface area contributed by atoms with E-state index in [-0.39, 0.29) is 5.91 Å². The summed E-state index contributed by atoms with van der Waals surface area (Å²) in [6.45, 7) is 8.19. The van der Waals surface area contributed by atoms with E-state index < -0.39 is 0 Å². The molecule has 1 saturated heterocycles. The van der Waals surface area contributed by atoms with Crippen molar-refractivity contribution in [2.75, 3.05) is 13.1 Å². The van der Waals surface area contributed by atoms with Crippen LogP contribution in [0.5, 0.6) is 0 Å². The largest absolute Gasteiger partial charge is 0.339 e. The summed E-state index contributed by atoms with van der Waals surface area (Å²) in [5.41, 5.74) is 2.44. The number of aryl methyl sites for hydroxylation is 2.